The third kappa shape index (κ3) is 4.69. The lowest BCUT2D eigenvalue weighted by molar-refractivity contribution is 0.169. The second kappa shape index (κ2) is 9.87. The highest BCUT2D eigenvalue weighted by Gasteiger charge is 2.32. The molecular weight excluding hydrogens is 424 g/mol. The number of fused-ring (bicyclic) bond motifs is 1. The molecule has 1 atom stereocenters. The molecule has 168 valence electrons. The average molecular weight is 451 g/mol. The Kier molecular flexibility index (Phi) is 7.22. The number of rotatable bonds is 7. The van der Waals surface area contributed by atoms with Crippen LogP contribution in [0.4, 0.5) is 4.79 Å². The van der Waals surface area contributed by atoms with E-state index in [1.807, 2.05) is 12.1 Å². The second-order valence-electron chi connectivity index (χ2n) is 7.16. The van der Waals surface area contributed by atoms with Crippen molar-refractivity contribution in [2.45, 2.75) is 18.9 Å². The molecule has 9 heteroatoms. The summed E-state index contributed by atoms with van der Waals surface area (Å²) in [5.41, 5.74) is 2.51. The monoisotopic (exact) mass is 450 g/mol. The van der Waals surface area contributed by atoms with Crippen LogP contribution in [0.1, 0.15) is 22.7 Å². The first-order valence-corrected chi connectivity index (χ1v) is 10.4. The minimum absolute atomic E-state index is 0.176. The Labute approximate surface area is 186 Å². The summed E-state index contributed by atoms with van der Waals surface area (Å²) >= 11 is 5.73. The van der Waals surface area contributed by atoms with Crippen LogP contribution in [-0.4, -0.2) is 61.4 Å². The molecule has 0 unspecified atom stereocenters. The van der Waals surface area contributed by atoms with Crippen LogP contribution in [0.3, 0.4) is 0 Å². The summed E-state index contributed by atoms with van der Waals surface area (Å²) in [7, 11) is 4.63. The highest BCUT2D eigenvalue weighted by atomic mass is 35.5. The first-order valence-electron chi connectivity index (χ1n) is 9.87. The zero-order valence-corrected chi connectivity index (χ0v) is 18.5. The van der Waals surface area contributed by atoms with Crippen molar-refractivity contribution in [2.24, 2.45) is 0 Å². The fourth-order valence-corrected chi connectivity index (χ4v) is 4.02. The maximum absolute atomic E-state index is 12.8. The first kappa shape index (κ1) is 22.7. The van der Waals surface area contributed by atoms with Gasteiger partial charge in [0.25, 0.3) is 0 Å². The van der Waals surface area contributed by atoms with Crippen molar-refractivity contribution < 1.29 is 29.2 Å². The summed E-state index contributed by atoms with van der Waals surface area (Å²) in [6, 6.07) is 6.13. The molecule has 3 N–H and O–H groups in total. The van der Waals surface area contributed by atoms with Gasteiger partial charge in [-0.25, -0.2) is 4.79 Å². The van der Waals surface area contributed by atoms with Gasteiger partial charge in [0.05, 0.1) is 27.4 Å². The molecule has 3 rings (SSSR count). The number of hydrogen-bond donors (Lipinski definition) is 3. The van der Waals surface area contributed by atoms with Crippen molar-refractivity contribution in [2.75, 3.05) is 40.3 Å². The molecule has 0 aliphatic carbocycles. The zero-order chi connectivity index (χ0) is 22.5. The molecule has 0 fully saturated rings. The number of carbonyl (C=O) groups excluding carboxylic acids is 1. The maximum Gasteiger partial charge on any atom is 0.317 e. The highest BCUT2D eigenvalue weighted by molar-refractivity contribution is 6.18. The molecule has 8 nitrogen and oxygen atoms in total. The Morgan fingerprint density at radius 1 is 1.10 bits per heavy atom. The van der Waals surface area contributed by atoms with Crippen molar-refractivity contribution in [3.8, 4) is 28.7 Å². The number of phenols is 2. The summed E-state index contributed by atoms with van der Waals surface area (Å²) in [4.78, 5) is 14.6. The lowest BCUT2D eigenvalue weighted by Gasteiger charge is -2.37. The van der Waals surface area contributed by atoms with Crippen molar-refractivity contribution in [1.82, 2.24) is 10.2 Å². The number of phenolic OH excluding ortho intramolecular Hbond substituents is 2. The standard InChI is InChI=1S/C22H27ClN2O6/c1-29-19-9-13(10-20(30-2)21(19)31-3)8-16-15-12-18(27)17(26)11-14(15)4-7-25(16)22(28)24-6-5-23/h9-12,16,26-27H,4-8H2,1-3H3,(H,24,28)/t16-/m0/s1. The Morgan fingerprint density at radius 2 is 1.74 bits per heavy atom. The minimum Gasteiger partial charge on any atom is -0.504 e. The number of methoxy groups -OCH3 is 3. The fourth-order valence-electron chi connectivity index (χ4n) is 3.92. The molecule has 2 amide bonds. The van der Waals surface area contributed by atoms with Gasteiger partial charge in [-0.15, -0.1) is 11.6 Å². The van der Waals surface area contributed by atoms with Crippen LogP contribution < -0.4 is 19.5 Å². The quantitative estimate of drug-likeness (QED) is 0.442. The Morgan fingerprint density at radius 3 is 2.32 bits per heavy atom. The Hall–Kier alpha value is -3.00. The third-order valence-corrected chi connectivity index (χ3v) is 5.57. The number of alkyl halides is 1. The number of nitrogens with zero attached hydrogens (tertiary/aromatic N) is 1. The van der Waals surface area contributed by atoms with Gasteiger partial charge in [-0.3, -0.25) is 0 Å². The van der Waals surface area contributed by atoms with Crippen LogP contribution in [0.5, 0.6) is 28.7 Å². The number of amides is 2. The Bertz CT molecular complexity index is 927. The van der Waals surface area contributed by atoms with E-state index in [-0.39, 0.29) is 23.6 Å². The molecule has 0 saturated heterocycles. The molecule has 0 radical (unpaired) electrons. The normalized spacial score (nSPS) is 15.2. The third-order valence-electron chi connectivity index (χ3n) is 5.38. The van der Waals surface area contributed by atoms with Crippen LogP contribution >= 0.6 is 11.6 Å². The number of halogens is 1. The number of benzene rings is 2. The number of nitrogens with one attached hydrogen (secondary N) is 1. The van der Waals surface area contributed by atoms with Crippen LogP contribution in [0.25, 0.3) is 0 Å². The van der Waals surface area contributed by atoms with E-state index in [1.165, 1.54) is 13.2 Å². The predicted molar refractivity (Wildman–Crippen MR) is 117 cm³/mol. The lowest BCUT2D eigenvalue weighted by Crippen LogP contribution is -2.46. The minimum atomic E-state index is -0.381. The predicted octanol–water partition coefficient (Wildman–Crippen LogP) is 3.21. The van der Waals surface area contributed by atoms with E-state index in [0.29, 0.717) is 49.1 Å². The van der Waals surface area contributed by atoms with E-state index in [1.54, 1.807) is 25.2 Å². The number of ether oxygens (including phenoxy) is 3. The number of hydrogen-bond acceptors (Lipinski definition) is 6. The second-order valence-corrected chi connectivity index (χ2v) is 7.54. The van der Waals surface area contributed by atoms with Gasteiger partial charge in [-0.1, -0.05) is 0 Å². The molecule has 1 aliphatic heterocycles. The van der Waals surface area contributed by atoms with Gasteiger partial charge in [-0.2, -0.15) is 0 Å². The molecule has 2 aromatic carbocycles. The van der Waals surface area contributed by atoms with Crippen LogP contribution in [-0.2, 0) is 12.8 Å². The van der Waals surface area contributed by atoms with E-state index in [2.05, 4.69) is 5.32 Å². The van der Waals surface area contributed by atoms with Crippen LogP contribution in [0, 0.1) is 0 Å². The van der Waals surface area contributed by atoms with E-state index in [4.69, 9.17) is 25.8 Å². The van der Waals surface area contributed by atoms with E-state index in [9.17, 15) is 15.0 Å². The molecule has 0 spiro atoms. The first-order chi connectivity index (χ1) is 14.9. The van der Waals surface area contributed by atoms with Crippen molar-refractivity contribution in [1.29, 1.82) is 0 Å². The van der Waals surface area contributed by atoms with Gasteiger partial charge in [0.1, 0.15) is 0 Å². The Balaban J connectivity index is 2.04. The summed E-state index contributed by atoms with van der Waals surface area (Å²) in [6.45, 7) is 0.807. The molecule has 0 aromatic heterocycles. The lowest BCUT2D eigenvalue weighted by atomic mass is 9.88. The number of urea groups is 1. The SMILES string of the molecule is COc1cc(C[C@H]2c3cc(O)c(O)cc3CCN2C(=O)NCCCl)cc(OC)c1OC. The van der Waals surface area contributed by atoms with Crippen molar-refractivity contribution in [3.05, 3.63) is 41.0 Å². The van der Waals surface area contributed by atoms with Crippen molar-refractivity contribution >= 4 is 17.6 Å². The van der Waals surface area contributed by atoms with E-state index >= 15 is 0 Å². The highest BCUT2D eigenvalue weighted by Crippen LogP contribution is 2.42. The van der Waals surface area contributed by atoms with Gasteiger partial charge in [0.2, 0.25) is 5.75 Å². The largest absolute Gasteiger partial charge is 0.504 e. The molecule has 31 heavy (non-hydrogen) atoms. The summed E-state index contributed by atoms with van der Waals surface area (Å²) in [5.74, 6) is 1.42. The zero-order valence-electron chi connectivity index (χ0n) is 17.8. The molecular formula is C22H27ClN2O6. The van der Waals surface area contributed by atoms with Crippen LogP contribution in [0.2, 0.25) is 0 Å². The van der Waals surface area contributed by atoms with Gasteiger partial charge < -0.3 is 34.6 Å². The van der Waals surface area contributed by atoms with Gasteiger partial charge >= 0.3 is 6.03 Å². The molecule has 0 saturated carbocycles. The smallest absolute Gasteiger partial charge is 0.317 e. The molecule has 1 heterocycles. The van der Waals surface area contributed by atoms with E-state index in [0.717, 1.165) is 16.7 Å². The van der Waals surface area contributed by atoms with Gasteiger partial charge in [0.15, 0.2) is 23.0 Å². The fraction of sp³-hybridized carbons (Fsp3) is 0.409. The van der Waals surface area contributed by atoms with Gasteiger partial charge in [0, 0.05) is 19.0 Å². The summed E-state index contributed by atoms with van der Waals surface area (Å²) < 4.78 is 16.3. The number of aromatic hydroxyl groups is 2. The van der Waals surface area contributed by atoms with Crippen molar-refractivity contribution in [3.63, 3.8) is 0 Å². The topological polar surface area (TPSA) is 100 Å². The summed E-state index contributed by atoms with van der Waals surface area (Å²) in [5, 5.41) is 22.9. The van der Waals surface area contributed by atoms with E-state index < -0.39 is 0 Å². The molecule has 1 aliphatic rings. The maximum atomic E-state index is 12.8. The van der Waals surface area contributed by atoms with Gasteiger partial charge in [-0.05, 0) is 53.8 Å². The molecule has 2 aromatic rings. The van der Waals surface area contributed by atoms with Crippen LogP contribution in [0.15, 0.2) is 24.3 Å². The average Bonchev–Trinajstić information content (AvgIpc) is 2.77. The molecule has 0 bridgehead atoms. The number of carbonyl (C=O) groups is 1. The summed E-state index contributed by atoms with van der Waals surface area (Å²) in [6.07, 6.45) is 0.992.